The summed E-state index contributed by atoms with van der Waals surface area (Å²) in [6.45, 7) is 21.8. The highest BCUT2D eigenvalue weighted by Crippen LogP contribution is 2.33. The van der Waals surface area contributed by atoms with E-state index in [0.717, 1.165) is 38.5 Å². The number of hydrogen-bond acceptors (Lipinski definition) is 18. The number of carbonyl (C=O) groups is 6. The molecule has 4 aliphatic rings. The monoisotopic (exact) mass is 1200 g/mol. The number of alkyl carbamates (subject to hydrolysis) is 4. The Morgan fingerprint density at radius 3 is 0.863 bits per heavy atom. The predicted molar refractivity (Wildman–Crippen MR) is 322 cm³/mol. The number of nitrogens with one attached hydrogen (secondary N) is 4. The Labute approximate surface area is 494 Å². The maximum absolute atomic E-state index is 12.2. The number of rotatable bonds is 8. The van der Waals surface area contributed by atoms with Crippen LogP contribution in [0.25, 0.3) is 0 Å². The first-order valence-electron chi connectivity index (χ1n) is 27.6. The van der Waals surface area contributed by atoms with Crippen molar-refractivity contribution in [1.82, 2.24) is 21.3 Å². The van der Waals surface area contributed by atoms with Gasteiger partial charge in [0, 0.05) is 56.3 Å². The van der Waals surface area contributed by atoms with Gasteiger partial charge in [0.1, 0.15) is 22.4 Å². The lowest BCUT2D eigenvalue weighted by Gasteiger charge is -2.33. The van der Waals surface area contributed by atoms with Crippen LogP contribution in [-0.4, -0.2) is 147 Å². The smallest absolute Gasteiger partial charge is 0.407 e. The van der Waals surface area contributed by atoms with Crippen molar-refractivity contribution in [2.75, 3.05) is 0 Å². The molecule has 2 aromatic carbocycles. The molecule has 0 aliphatic heterocycles. The Balaban J connectivity index is 0.000000286. The van der Waals surface area contributed by atoms with Gasteiger partial charge in [0.15, 0.2) is 0 Å². The normalized spacial score (nSPS) is 26.9. The van der Waals surface area contributed by atoms with Gasteiger partial charge in [-0.2, -0.15) is 25.3 Å². The molecule has 0 saturated heterocycles. The van der Waals surface area contributed by atoms with Gasteiger partial charge in [0.05, 0.1) is 24.4 Å². The van der Waals surface area contributed by atoms with Gasteiger partial charge in [0.25, 0.3) is 0 Å². The number of hydrogen-bond donors (Lipinski definition) is 10. The zero-order valence-corrected chi connectivity index (χ0v) is 52.2. The van der Waals surface area contributed by atoms with Crippen LogP contribution in [0.3, 0.4) is 0 Å². The summed E-state index contributed by atoms with van der Waals surface area (Å²) in [7, 11) is 0. The Hall–Kier alpha value is -3.90. The summed E-state index contributed by atoms with van der Waals surface area (Å²) in [5, 5.41) is 50.7. The molecule has 2 aromatic rings. The molecule has 0 spiro atoms. The zero-order chi connectivity index (χ0) is 60.2. The molecule has 0 bridgehead atoms. The highest BCUT2D eigenvalue weighted by molar-refractivity contribution is 8.15. The average Bonchev–Trinajstić information content (AvgIpc) is 3.32. The molecular weight excluding hydrogens is 1100 g/mol. The molecule has 8 N–H and O–H groups in total. The summed E-state index contributed by atoms with van der Waals surface area (Å²) in [6, 6.07) is 17.9. The predicted octanol–water partition coefficient (Wildman–Crippen LogP) is 10.2. The van der Waals surface area contributed by atoms with Crippen molar-refractivity contribution in [2.45, 2.75) is 252 Å². The molecule has 12 atom stereocenters. The molecule has 0 aromatic heterocycles. The van der Waals surface area contributed by atoms with E-state index in [2.05, 4.69) is 46.5 Å². The van der Waals surface area contributed by atoms with E-state index in [0.29, 0.717) is 49.7 Å². The first kappa shape index (κ1) is 70.4. The molecule has 4 fully saturated rings. The number of thiol groups is 2. The summed E-state index contributed by atoms with van der Waals surface area (Å²) < 4.78 is 20.8. The summed E-state index contributed by atoms with van der Waals surface area (Å²) in [5.41, 5.74) is -0.768. The molecule has 80 heavy (non-hydrogen) atoms. The molecule has 4 amide bonds. The Morgan fingerprint density at radius 1 is 0.400 bits per heavy atom. The van der Waals surface area contributed by atoms with Crippen molar-refractivity contribution in [3.05, 3.63) is 71.8 Å². The van der Waals surface area contributed by atoms with Crippen LogP contribution in [0.15, 0.2) is 60.7 Å². The van der Waals surface area contributed by atoms with Gasteiger partial charge < -0.3 is 60.6 Å². The van der Waals surface area contributed by atoms with Crippen LogP contribution in [0.1, 0.15) is 181 Å². The van der Waals surface area contributed by atoms with Crippen LogP contribution in [0, 0.1) is 0 Å². The number of aliphatic hydroxyl groups excluding tert-OH is 4. The maximum Gasteiger partial charge on any atom is 0.407 e. The van der Waals surface area contributed by atoms with E-state index in [1.54, 1.807) is 24.3 Å². The Bertz CT molecular complexity index is 2090. The molecular formula is C58H92N4O14S4. The average molecular weight is 1200 g/mol. The number of amides is 4. The second kappa shape index (κ2) is 32.8. The van der Waals surface area contributed by atoms with E-state index in [1.165, 1.54) is 23.5 Å². The van der Waals surface area contributed by atoms with Gasteiger partial charge >= 0.3 is 24.4 Å². The van der Waals surface area contributed by atoms with Gasteiger partial charge in [-0.1, -0.05) is 84.2 Å². The number of benzene rings is 2. The van der Waals surface area contributed by atoms with E-state index in [4.69, 9.17) is 18.9 Å². The summed E-state index contributed by atoms with van der Waals surface area (Å²) in [5.74, 6) is 0. The van der Waals surface area contributed by atoms with Crippen molar-refractivity contribution < 1.29 is 68.1 Å². The van der Waals surface area contributed by atoms with Crippen molar-refractivity contribution in [1.29, 1.82) is 0 Å². The van der Waals surface area contributed by atoms with Crippen molar-refractivity contribution >= 4 is 83.4 Å². The summed E-state index contributed by atoms with van der Waals surface area (Å²) in [6.07, 6.45) is 4.12. The van der Waals surface area contributed by atoms with Crippen LogP contribution >= 0.6 is 48.8 Å². The van der Waals surface area contributed by atoms with Gasteiger partial charge in [-0.25, -0.2) is 19.2 Å². The summed E-state index contributed by atoms with van der Waals surface area (Å²) in [4.78, 5) is 71.0. The van der Waals surface area contributed by atoms with E-state index in [-0.39, 0.29) is 55.4 Å². The molecule has 6 rings (SSSR count). The second-order valence-corrected chi connectivity index (χ2v) is 28.4. The Morgan fingerprint density at radius 2 is 0.637 bits per heavy atom. The highest BCUT2D eigenvalue weighted by atomic mass is 32.2. The molecule has 0 unspecified atom stereocenters. The highest BCUT2D eigenvalue weighted by Gasteiger charge is 2.35. The van der Waals surface area contributed by atoms with E-state index < -0.39 is 71.2 Å². The first-order chi connectivity index (χ1) is 37.0. The first-order valence-corrected chi connectivity index (χ1v) is 30.4. The van der Waals surface area contributed by atoms with Gasteiger partial charge in [-0.15, -0.1) is 0 Å². The zero-order valence-electron chi connectivity index (χ0n) is 48.8. The number of ether oxygens (including phenoxy) is 4. The van der Waals surface area contributed by atoms with Crippen LogP contribution in [-0.2, 0) is 18.9 Å². The second-order valence-electron chi connectivity index (χ2n) is 24.6. The van der Waals surface area contributed by atoms with Crippen molar-refractivity contribution in [3.63, 3.8) is 0 Å². The third-order valence-corrected chi connectivity index (χ3v) is 16.3. The fraction of sp³-hybridized carbons (Fsp3) is 0.690. The Kier molecular flexibility index (Phi) is 28.9. The molecule has 0 radical (unpaired) electrons. The largest absolute Gasteiger partial charge is 0.444 e. The third kappa shape index (κ3) is 29.4. The molecule has 452 valence electrons. The number of thioether (sulfide) groups is 2. The van der Waals surface area contributed by atoms with Crippen LogP contribution in [0.2, 0.25) is 0 Å². The number of carbonyl (C=O) groups excluding carboxylic acids is 6. The van der Waals surface area contributed by atoms with E-state index in [9.17, 15) is 49.2 Å². The minimum Gasteiger partial charge on any atom is -0.444 e. The number of aliphatic hydroxyl groups is 4. The molecule has 4 aliphatic carbocycles. The van der Waals surface area contributed by atoms with Gasteiger partial charge in [-0.3, -0.25) is 9.59 Å². The lowest BCUT2D eigenvalue weighted by molar-refractivity contribution is 0.0441. The van der Waals surface area contributed by atoms with Crippen LogP contribution in [0.4, 0.5) is 19.2 Å². The molecule has 0 heterocycles. The van der Waals surface area contributed by atoms with Crippen LogP contribution < -0.4 is 21.3 Å². The minimum atomic E-state index is -0.628. The van der Waals surface area contributed by atoms with Gasteiger partial charge in [0.2, 0.25) is 10.2 Å². The molecule has 18 nitrogen and oxygen atoms in total. The van der Waals surface area contributed by atoms with E-state index >= 15 is 0 Å². The third-order valence-electron chi connectivity index (χ3n) is 12.5. The van der Waals surface area contributed by atoms with Crippen LogP contribution in [0.5, 0.6) is 0 Å². The van der Waals surface area contributed by atoms with E-state index in [1.807, 2.05) is 119 Å². The van der Waals surface area contributed by atoms with Gasteiger partial charge in [-0.05, 0) is 160 Å². The SMILES string of the molecule is CC(C)(C)OC(=O)N[C@@H]1CC[C@@H](S)[C@H](O)C1.CC(C)(C)OC(=O)N[C@@H]1CC[C@@H](SC(=O)c2ccccc2)[C@H](O)C1.CC(C)(C)OC(=O)N[C@H]1CC[C@H](S)[C@@H](O)C1.CC(C)(C)OC(=O)N[C@H]1CC[C@H](SC(=O)c2ccccc2)[C@@H](O)C1. The fourth-order valence-electron chi connectivity index (χ4n) is 8.76. The summed E-state index contributed by atoms with van der Waals surface area (Å²) >= 11 is 10.9. The lowest BCUT2D eigenvalue weighted by Crippen LogP contribution is -2.45. The topological polar surface area (TPSA) is 268 Å². The minimum absolute atomic E-state index is 0.00625. The molecule has 4 saturated carbocycles. The van der Waals surface area contributed by atoms with Crippen molar-refractivity contribution in [2.24, 2.45) is 0 Å². The standard InChI is InChI=1S/2C18H25NO4S.2C11H21NO3S/c2*1-18(2,3)23-17(22)19-13-9-10-15(14(20)11-13)24-16(21)12-7-5-4-6-8-12;2*1-11(2,3)15-10(14)12-7-4-5-9(16)8(13)6-7/h2*4-8,13-15,20H,9-11H2,1-3H3,(H,19,22);2*7-9,13,16H,4-6H2,1-3H3,(H,12,14)/t2*13-,14-,15-;2*7-,8-,9-/m1010/s1. The van der Waals surface area contributed by atoms with Crippen molar-refractivity contribution in [3.8, 4) is 0 Å². The molecule has 22 heteroatoms. The lowest BCUT2D eigenvalue weighted by atomic mass is 9.92. The quantitative estimate of drug-likeness (QED) is 0.0870. The fourth-order valence-corrected chi connectivity index (χ4v) is 11.4. The maximum atomic E-state index is 12.2.